The van der Waals surface area contributed by atoms with Crippen molar-refractivity contribution in [3.63, 3.8) is 0 Å². The van der Waals surface area contributed by atoms with Gasteiger partial charge in [-0.1, -0.05) is 57.9 Å². The maximum absolute atomic E-state index is 3.55. The molecule has 2 atom stereocenters. The van der Waals surface area contributed by atoms with Crippen molar-refractivity contribution in [2.75, 3.05) is 20.1 Å². The maximum Gasteiger partial charge on any atom is 0.0481 e. The fourth-order valence-corrected chi connectivity index (χ4v) is 3.64. The van der Waals surface area contributed by atoms with E-state index < -0.39 is 0 Å². The molecular weight excluding hydrogens is 244 g/mol. The van der Waals surface area contributed by atoms with Gasteiger partial charge in [-0.25, -0.2) is 0 Å². The number of hydrogen-bond acceptors (Lipinski definition) is 2. The van der Waals surface area contributed by atoms with Crippen LogP contribution in [0.15, 0.2) is 24.3 Å². The predicted octanol–water partition coefficient (Wildman–Crippen LogP) is 3.63. The molecule has 1 aliphatic rings. The molecule has 2 rings (SSSR count). The molecule has 2 heteroatoms. The van der Waals surface area contributed by atoms with Crippen LogP contribution in [-0.4, -0.2) is 31.1 Å². The van der Waals surface area contributed by atoms with Gasteiger partial charge in [0.05, 0.1) is 0 Å². The van der Waals surface area contributed by atoms with Gasteiger partial charge in [-0.2, -0.15) is 0 Å². The molecule has 2 unspecified atom stereocenters. The Morgan fingerprint density at radius 1 is 1.20 bits per heavy atom. The zero-order valence-corrected chi connectivity index (χ0v) is 13.5. The molecule has 0 saturated heterocycles. The maximum atomic E-state index is 3.55. The summed E-state index contributed by atoms with van der Waals surface area (Å²) < 4.78 is 0. The van der Waals surface area contributed by atoms with Crippen molar-refractivity contribution in [3.05, 3.63) is 35.4 Å². The Hall–Kier alpha value is -0.860. The Morgan fingerprint density at radius 2 is 1.90 bits per heavy atom. The topological polar surface area (TPSA) is 15.3 Å². The lowest BCUT2D eigenvalue weighted by molar-refractivity contribution is 0.148. The van der Waals surface area contributed by atoms with E-state index in [1.807, 2.05) is 0 Å². The molecule has 1 aromatic rings. The van der Waals surface area contributed by atoms with Crippen LogP contribution in [0.1, 0.15) is 50.8 Å². The molecule has 0 amide bonds. The molecule has 1 N–H and O–H groups in total. The number of nitrogens with one attached hydrogen (secondary N) is 1. The summed E-state index contributed by atoms with van der Waals surface area (Å²) in [7, 11) is 2.10. The van der Waals surface area contributed by atoms with E-state index in [0.717, 1.165) is 12.5 Å². The van der Waals surface area contributed by atoms with Gasteiger partial charge in [0.25, 0.3) is 0 Å². The first-order valence-electron chi connectivity index (χ1n) is 8.24. The smallest absolute Gasteiger partial charge is 0.0481 e. The van der Waals surface area contributed by atoms with Gasteiger partial charge in [-0.05, 0) is 37.1 Å². The molecule has 0 bridgehead atoms. The molecule has 0 saturated carbocycles. The third-order valence-electron chi connectivity index (χ3n) is 5.04. The first kappa shape index (κ1) is 15.5. The summed E-state index contributed by atoms with van der Waals surface area (Å²) in [5, 5.41) is 3.55. The summed E-state index contributed by atoms with van der Waals surface area (Å²) in [5.41, 5.74) is 3.03. The van der Waals surface area contributed by atoms with Gasteiger partial charge in [0, 0.05) is 18.6 Å². The van der Waals surface area contributed by atoms with Crippen molar-refractivity contribution in [1.29, 1.82) is 0 Å². The van der Waals surface area contributed by atoms with Crippen molar-refractivity contribution in [1.82, 2.24) is 10.2 Å². The fourth-order valence-electron chi connectivity index (χ4n) is 3.64. The van der Waals surface area contributed by atoms with Gasteiger partial charge in [-0.15, -0.1) is 0 Å². The summed E-state index contributed by atoms with van der Waals surface area (Å²) >= 11 is 0. The first-order chi connectivity index (χ1) is 9.74. The standard InChI is InChI=1S/C18H30N2/c1-5-14(6-2)13-20(7-3)17-12-15-10-8-9-11-16(15)18(17)19-4/h8-11,14,17-19H,5-7,12-13H2,1-4H3. The van der Waals surface area contributed by atoms with Crippen molar-refractivity contribution in [3.8, 4) is 0 Å². The Kier molecular flexibility index (Phi) is 5.62. The number of hydrogen-bond donors (Lipinski definition) is 1. The van der Waals surface area contributed by atoms with Crippen molar-refractivity contribution in [2.24, 2.45) is 5.92 Å². The van der Waals surface area contributed by atoms with Gasteiger partial charge < -0.3 is 5.32 Å². The van der Waals surface area contributed by atoms with Crippen molar-refractivity contribution in [2.45, 2.75) is 52.1 Å². The number of benzene rings is 1. The minimum absolute atomic E-state index is 0.487. The molecule has 1 aromatic carbocycles. The SMILES string of the molecule is CCC(CC)CN(CC)C1Cc2ccccc2C1NC. The largest absolute Gasteiger partial charge is 0.312 e. The summed E-state index contributed by atoms with van der Waals surface area (Å²) in [5.74, 6) is 0.830. The van der Waals surface area contributed by atoms with Crippen LogP contribution >= 0.6 is 0 Å². The Morgan fingerprint density at radius 3 is 2.50 bits per heavy atom. The van der Waals surface area contributed by atoms with E-state index in [1.165, 1.54) is 36.9 Å². The van der Waals surface area contributed by atoms with Crippen LogP contribution in [0.25, 0.3) is 0 Å². The Bertz CT molecular complexity index is 412. The molecule has 0 radical (unpaired) electrons. The number of likely N-dealkylation sites (N-methyl/N-ethyl adjacent to an activating group) is 2. The molecule has 112 valence electrons. The quantitative estimate of drug-likeness (QED) is 0.817. The molecule has 0 heterocycles. The minimum atomic E-state index is 0.487. The molecule has 0 aliphatic heterocycles. The van der Waals surface area contributed by atoms with E-state index >= 15 is 0 Å². The zero-order chi connectivity index (χ0) is 14.5. The monoisotopic (exact) mass is 274 g/mol. The van der Waals surface area contributed by atoms with Gasteiger partial charge in [0.1, 0.15) is 0 Å². The van der Waals surface area contributed by atoms with Crippen molar-refractivity contribution >= 4 is 0 Å². The average Bonchev–Trinajstić information content (AvgIpc) is 2.87. The van der Waals surface area contributed by atoms with Crippen LogP contribution in [0.4, 0.5) is 0 Å². The van der Waals surface area contributed by atoms with Gasteiger partial charge in [0.2, 0.25) is 0 Å². The van der Waals surface area contributed by atoms with E-state index in [0.29, 0.717) is 12.1 Å². The summed E-state index contributed by atoms with van der Waals surface area (Å²) in [6.45, 7) is 9.33. The van der Waals surface area contributed by atoms with Crippen LogP contribution in [0.2, 0.25) is 0 Å². The molecular formula is C18H30N2. The van der Waals surface area contributed by atoms with Gasteiger partial charge >= 0.3 is 0 Å². The zero-order valence-electron chi connectivity index (χ0n) is 13.5. The lowest BCUT2D eigenvalue weighted by Crippen LogP contribution is -2.44. The molecule has 20 heavy (non-hydrogen) atoms. The van der Waals surface area contributed by atoms with Crippen LogP contribution in [-0.2, 0) is 6.42 Å². The highest BCUT2D eigenvalue weighted by molar-refractivity contribution is 5.37. The summed E-state index contributed by atoms with van der Waals surface area (Å²) in [4.78, 5) is 2.69. The molecule has 0 spiro atoms. The Balaban J connectivity index is 2.15. The van der Waals surface area contributed by atoms with Crippen molar-refractivity contribution < 1.29 is 0 Å². The summed E-state index contributed by atoms with van der Waals surface area (Å²) in [6, 6.07) is 10.0. The molecule has 1 aliphatic carbocycles. The van der Waals surface area contributed by atoms with Gasteiger partial charge in [-0.3, -0.25) is 4.90 Å². The average molecular weight is 274 g/mol. The van der Waals surface area contributed by atoms with Crippen LogP contribution in [0.5, 0.6) is 0 Å². The lowest BCUT2D eigenvalue weighted by Gasteiger charge is -2.34. The lowest BCUT2D eigenvalue weighted by atomic mass is 10.00. The van der Waals surface area contributed by atoms with Crippen LogP contribution < -0.4 is 5.32 Å². The second-order valence-corrected chi connectivity index (χ2v) is 6.01. The van der Waals surface area contributed by atoms with E-state index in [2.05, 4.69) is 62.3 Å². The highest BCUT2D eigenvalue weighted by Crippen LogP contribution is 2.34. The van der Waals surface area contributed by atoms with E-state index in [9.17, 15) is 0 Å². The fraction of sp³-hybridized carbons (Fsp3) is 0.667. The van der Waals surface area contributed by atoms with E-state index in [4.69, 9.17) is 0 Å². The second-order valence-electron chi connectivity index (χ2n) is 6.01. The minimum Gasteiger partial charge on any atom is -0.312 e. The number of nitrogens with zero attached hydrogens (tertiary/aromatic N) is 1. The van der Waals surface area contributed by atoms with Crippen LogP contribution in [0.3, 0.4) is 0 Å². The second kappa shape index (κ2) is 7.24. The number of fused-ring (bicyclic) bond motifs is 1. The van der Waals surface area contributed by atoms with Crippen LogP contribution in [0, 0.1) is 5.92 Å². The third kappa shape index (κ3) is 3.07. The molecule has 0 aromatic heterocycles. The van der Waals surface area contributed by atoms with Gasteiger partial charge in [0.15, 0.2) is 0 Å². The third-order valence-corrected chi connectivity index (χ3v) is 5.04. The summed E-state index contributed by atoms with van der Waals surface area (Å²) in [6.07, 6.45) is 3.77. The molecule has 0 fully saturated rings. The number of rotatable bonds is 7. The van der Waals surface area contributed by atoms with E-state index in [-0.39, 0.29) is 0 Å². The van der Waals surface area contributed by atoms with E-state index in [1.54, 1.807) is 0 Å². The highest BCUT2D eigenvalue weighted by atomic mass is 15.2. The first-order valence-corrected chi connectivity index (χ1v) is 8.24. The predicted molar refractivity (Wildman–Crippen MR) is 87.1 cm³/mol. The normalized spacial score (nSPS) is 21.7. The Labute approximate surface area is 124 Å². The highest BCUT2D eigenvalue weighted by Gasteiger charge is 2.34. The molecule has 2 nitrogen and oxygen atoms in total.